The van der Waals surface area contributed by atoms with Gasteiger partial charge in [-0.2, -0.15) is 5.10 Å². The Morgan fingerprint density at radius 2 is 2.32 bits per heavy atom. The van der Waals surface area contributed by atoms with Crippen molar-refractivity contribution in [2.45, 2.75) is 44.8 Å². The van der Waals surface area contributed by atoms with E-state index >= 15 is 0 Å². The molecule has 6 heteroatoms. The van der Waals surface area contributed by atoms with Gasteiger partial charge >= 0.3 is 0 Å². The van der Waals surface area contributed by atoms with E-state index in [-0.39, 0.29) is 18.1 Å². The molecule has 1 saturated heterocycles. The molecular weight excluding hydrogens is 244 g/mol. The molecule has 2 heterocycles. The van der Waals surface area contributed by atoms with E-state index in [2.05, 4.69) is 15.5 Å². The van der Waals surface area contributed by atoms with Gasteiger partial charge < -0.3 is 15.8 Å². The van der Waals surface area contributed by atoms with Crippen LogP contribution in [0.3, 0.4) is 0 Å². The van der Waals surface area contributed by atoms with Crippen LogP contribution in [0.25, 0.3) is 0 Å². The summed E-state index contributed by atoms with van der Waals surface area (Å²) >= 11 is 0. The number of aromatic nitrogens is 2. The summed E-state index contributed by atoms with van der Waals surface area (Å²) in [6, 6.07) is 0.0983. The number of nitrogens with one attached hydrogen (secondary N) is 2. The number of nitrogens with two attached hydrogens (primary N) is 1. The standard InChI is InChI=1S/C13H20N4O2/c1-2-8-10(14)11(17-16-8)13(18)15-9-5-6-19-12(9)7-3-4-7/h7,9,12H,2-6,14H2,1H3,(H,15,18)(H,16,17). The number of nitrogen functional groups attached to an aromatic ring is 1. The van der Waals surface area contributed by atoms with Crippen molar-refractivity contribution in [3.05, 3.63) is 11.4 Å². The summed E-state index contributed by atoms with van der Waals surface area (Å²) in [6.45, 7) is 2.70. The first-order valence-electron chi connectivity index (χ1n) is 6.96. The number of carbonyl (C=O) groups is 1. The average Bonchev–Trinajstić information content (AvgIpc) is 3.03. The zero-order chi connectivity index (χ0) is 13.4. The normalized spacial score (nSPS) is 26.6. The molecular formula is C13H20N4O2. The lowest BCUT2D eigenvalue weighted by Gasteiger charge is -2.18. The monoisotopic (exact) mass is 264 g/mol. The molecule has 2 aliphatic rings. The molecule has 0 radical (unpaired) electrons. The van der Waals surface area contributed by atoms with E-state index in [1.54, 1.807) is 0 Å². The van der Waals surface area contributed by atoms with E-state index in [9.17, 15) is 4.79 Å². The quantitative estimate of drug-likeness (QED) is 0.751. The molecule has 19 heavy (non-hydrogen) atoms. The maximum absolute atomic E-state index is 12.2. The number of H-pyrrole nitrogens is 1. The number of amides is 1. The van der Waals surface area contributed by atoms with Crippen molar-refractivity contribution in [2.24, 2.45) is 5.92 Å². The van der Waals surface area contributed by atoms with Gasteiger partial charge in [0.2, 0.25) is 0 Å². The predicted molar refractivity (Wildman–Crippen MR) is 70.7 cm³/mol. The first kappa shape index (κ1) is 12.5. The minimum Gasteiger partial charge on any atom is -0.395 e. The molecule has 2 unspecified atom stereocenters. The number of hydrogen-bond acceptors (Lipinski definition) is 4. The first-order chi connectivity index (χ1) is 9.20. The Balaban J connectivity index is 1.68. The summed E-state index contributed by atoms with van der Waals surface area (Å²) in [4.78, 5) is 12.2. The Labute approximate surface area is 112 Å². The number of rotatable bonds is 4. The molecule has 0 aromatic carbocycles. The van der Waals surface area contributed by atoms with Crippen LogP contribution in [-0.4, -0.2) is 34.9 Å². The van der Waals surface area contributed by atoms with Crippen molar-refractivity contribution in [3.63, 3.8) is 0 Å². The Kier molecular flexibility index (Phi) is 3.18. The highest BCUT2D eigenvalue weighted by Gasteiger charge is 2.41. The van der Waals surface area contributed by atoms with E-state index in [0.717, 1.165) is 25.1 Å². The summed E-state index contributed by atoms with van der Waals surface area (Å²) in [7, 11) is 0. The smallest absolute Gasteiger partial charge is 0.274 e. The van der Waals surface area contributed by atoms with Gasteiger partial charge in [0.05, 0.1) is 23.5 Å². The summed E-state index contributed by atoms with van der Waals surface area (Å²) < 4.78 is 5.71. The van der Waals surface area contributed by atoms with Gasteiger partial charge in [0.1, 0.15) is 0 Å². The molecule has 6 nitrogen and oxygen atoms in total. The van der Waals surface area contributed by atoms with Crippen molar-refractivity contribution in [1.29, 1.82) is 0 Å². The fourth-order valence-corrected chi connectivity index (χ4v) is 2.72. The summed E-state index contributed by atoms with van der Waals surface area (Å²) in [5.41, 5.74) is 7.49. The third-order valence-corrected chi connectivity index (χ3v) is 3.99. The predicted octanol–water partition coefficient (Wildman–Crippen LogP) is 0.852. The van der Waals surface area contributed by atoms with Gasteiger partial charge in [-0.1, -0.05) is 6.92 Å². The van der Waals surface area contributed by atoms with Gasteiger partial charge in [0, 0.05) is 6.61 Å². The van der Waals surface area contributed by atoms with Gasteiger partial charge in [-0.15, -0.1) is 0 Å². The molecule has 0 bridgehead atoms. The van der Waals surface area contributed by atoms with Crippen molar-refractivity contribution in [3.8, 4) is 0 Å². The van der Waals surface area contributed by atoms with Crippen LogP contribution < -0.4 is 11.1 Å². The van der Waals surface area contributed by atoms with Crippen LogP contribution in [0.2, 0.25) is 0 Å². The third-order valence-electron chi connectivity index (χ3n) is 3.99. The van der Waals surface area contributed by atoms with Crippen LogP contribution in [-0.2, 0) is 11.2 Å². The Hall–Kier alpha value is -1.56. The molecule has 2 atom stereocenters. The van der Waals surface area contributed by atoms with Crippen molar-refractivity contribution < 1.29 is 9.53 Å². The first-order valence-corrected chi connectivity index (χ1v) is 6.96. The highest BCUT2D eigenvalue weighted by molar-refractivity contribution is 5.97. The molecule has 1 amide bonds. The molecule has 1 aromatic heterocycles. The van der Waals surface area contributed by atoms with Crippen LogP contribution in [0.1, 0.15) is 42.4 Å². The number of nitrogens with zero attached hydrogens (tertiary/aromatic N) is 1. The molecule has 1 aliphatic carbocycles. The summed E-state index contributed by atoms with van der Waals surface area (Å²) in [5, 5.41) is 9.84. The minimum absolute atomic E-state index is 0.0983. The Bertz CT molecular complexity index is 481. The van der Waals surface area contributed by atoms with Crippen molar-refractivity contribution in [2.75, 3.05) is 12.3 Å². The third kappa shape index (κ3) is 2.32. The summed E-state index contributed by atoms with van der Waals surface area (Å²) in [6.07, 6.45) is 4.21. The summed E-state index contributed by atoms with van der Waals surface area (Å²) in [5.74, 6) is 0.421. The number of hydrogen-bond donors (Lipinski definition) is 3. The fourth-order valence-electron chi connectivity index (χ4n) is 2.72. The molecule has 104 valence electrons. The van der Waals surface area contributed by atoms with Gasteiger partial charge in [-0.25, -0.2) is 0 Å². The van der Waals surface area contributed by atoms with Crippen LogP contribution in [0.15, 0.2) is 0 Å². The molecule has 1 aromatic rings. The number of aryl methyl sites for hydroxylation is 1. The topological polar surface area (TPSA) is 93.0 Å². The second-order valence-electron chi connectivity index (χ2n) is 5.36. The van der Waals surface area contributed by atoms with Crippen LogP contribution in [0.5, 0.6) is 0 Å². The second-order valence-corrected chi connectivity index (χ2v) is 5.36. The van der Waals surface area contributed by atoms with Crippen LogP contribution in [0, 0.1) is 5.92 Å². The Morgan fingerprint density at radius 3 is 2.95 bits per heavy atom. The molecule has 1 aliphatic heterocycles. The van der Waals surface area contributed by atoms with E-state index < -0.39 is 0 Å². The maximum Gasteiger partial charge on any atom is 0.274 e. The lowest BCUT2D eigenvalue weighted by Crippen LogP contribution is -2.41. The zero-order valence-electron chi connectivity index (χ0n) is 11.1. The highest BCUT2D eigenvalue weighted by atomic mass is 16.5. The van der Waals surface area contributed by atoms with Crippen molar-refractivity contribution >= 4 is 11.6 Å². The lowest BCUT2D eigenvalue weighted by atomic mass is 10.1. The second kappa shape index (κ2) is 4.85. The van der Waals surface area contributed by atoms with Gasteiger partial charge in [-0.05, 0) is 31.6 Å². The van der Waals surface area contributed by atoms with Crippen molar-refractivity contribution in [1.82, 2.24) is 15.5 Å². The fraction of sp³-hybridized carbons (Fsp3) is 0.692. The van der Waals surface area contributed by atoms with E-state index in [4.69, 9.17) is 10.5 Å². The molecule has 3 rings (SSSR count). The number of ether oxygens (including phenoxy) is 1. The van der Waals surface area contributed by atoms with Gasteiger partial charge in [0.25, 0.3) is 5.91 Å². The largest absolute Gasteiger partial charge is 0.395 e. The number of carbonyl (C=O) groups excluding carboxylic acids is 1. The van der Waals surface area contributed by atoms with E-state index in [1.807, 2.05) is 6.92 Å². The molecule has 4 N–H and O–H groups in total. The van der Waals surface area contributed by atoms with Crippen LogP contribution in [0.4, 0.5) is 5.69 Å². The zero-order valence-corrected chi connectivity index (χ0v) is 11.1. The molecule has 2 fully saturated rings. The average molecular weight is 264 g/mol. The highest BCUT2D eigenvalue weighted by Crippen LogP contribution is 2.38. The van der Waals surface area contributed by atoms with Gasteiger partial charge in [0.15, 0.2) is 5.69 Å². The van der Waals surface area contributed by atoms with E-state index in [1.165, 1.54) is 12.8 Å². The van der Waals surface area contributed by atoms with Crippen LogP contribution >= 0.6 is 0 Å². The maximum atomic E-state index is 12.2. The number of aromatic amines is 1. The number of anilines is 1. The van der Waals surface area contributed by atoms with E-state index in [0.29, 0.717) is 17.3 Å². The lowest BCUT2D eigenvalue weighted by molar-refractivity contribution is 0.0727. The van der Waals surface area contributed by atoms with Gasteiger partial charge in [-0.3, -0.25) is 9.89 Å². The minimum atomic E-state index is -0.199. The Morgan fingerprint density at radius 1 is 1.53 bits per heavy atom. The SMILES string of the molecule is CCc1[nH]nc(C(=O)NC2CCOC2C2CC2)c1N. The molecule has 0 spiro atoms. The molecule has 1 saturated carbocycles.